The van der Waals surface area contributed by atoms with Gasteiger partial charge in [-0.25, -0.2) is 0 Å². The van der Waals surface area contributed by atoms with E-state index in [-0.39, 0.29) is 0 Å². The number of fused-ring (bicyclic) bond motifs is 7. The Morgan fingerprint density at radius 3 is 1.69 bits per heavy atom. The third kappa shape index (κ3) is 5.96. The third-order valence-corrected chi connectivity index (χ3v) is 12.5. The van der Waals surface area contributed by atoms with Crippen LogP contribution in [-0.4, -0.2) is 0 Å². The van der Waals surface area contributed by atoms with Gasteiger partial charge in [-0.05, 0) is 114 Å². The van der Waals surface area contributed by atoms with Gasteiger partial charge < -0.3 is 9.32 Å². The van der Waals surface area contributed by atoms with Gasteiger partial charge in [0, 0.05) is 22.2 Å². The molecule has 0 unspecified atom stereocenters. The van der Waals surface area contributed by atoms with Gasteiger partial charge in [0.25, 0.3) is 0 Å². The minimum absolute atomic E-state index is 0.859. The fraction of sp³-hybridized carbons (Fsp3) is 0. The zero-order chi connectivity index (χ0) is 41.0. The quantitative estimate of drug-likeness (QED) is 0.150. The Morgan fingerprint density at radius 2 is 0.871 bits per heavy atom. The zero-order valence-electron chi connectivity index (χ0n) is 33.9. The maximum absolute atomic E-state index is 7.03. The van der Waals surface area contributed by atoms with Crippen LogP contribution in [0.2, 0.25) is 0 Å². The number of para-hydroxylation sites is 2. The fourth-order valence-electron chi connectivity index (χ4n) is 9.56. The van der Waals surface area contributed by atoms with Gasteiger partial charge >= 0.3 is 0 Å². The molecule has 12 rings (SSSR count). The Bertz CT molecular complexity index is 3630. The molecule has 62 heavy (non-hydrogen) atoms. The molecule has 0 atom stereocenters. The predicted molar refractivity (Wildman–Crippen MR) is 263 cm³/mol. The SMILES string of the molecule is c1ccc(-c2cccc(-c3ccc(N(c4ccccc4-c4cccc5ccccc45)c4ccc(-c5cc6ccccc6c6ccccc56)c5oc6ccccc6c45)cc3)c2)cc1. The Morgan fingerprint density at radius 1 is 0.290 bits per heavy atom. The van der Waals surface area contributed by atoms with Gasteiger partial charge in [-0.1, -0.05) is 188 Å². The van der Waals surface area contributed by atoms with Gasteiger partial charge in [-0.2, -0.15) is 0 Å². The van der Waals surface area contributed by atoms with Crippen molar-refractivity contribution in [2.24, 2.45) is 0 Å². The van der Waals surface area contributed by atoms with Gasteiger partial charge in [-0.3, -0.25) is 0 Å². The molecule has 0 fully saturated rings. The van der Waals surface area contributed by atoms with Crippen molar-refractivity contribution < 1.29 is 4.42 Å². The number of furan rings is 1. The van der Waals surface area contributed by atoms with Crippen LogP contribution in [0.1, 0.15) is 0 Å². The van der Waals surface area contributed by atoms with Crippen LogP contribution in [0, 0.1) is 0 Å². The molecule has 0 saturated carbocycles. The largest absolute Gasteiger partial charge is 0.455 e. The summed E-state index contributed by atoms with van der Waals surface area (Å²) in [7, 11) is 0. The lowest BCUT2D eigenvalue weighted by molar-refractivity contribution is 0.670. The fourth-order valence-corrected chi connectivity index (χ4v) is 9.56. The van der Waals surface area contributed by atoms with E-state index >= 15 is 0 Å². The van der Waals surface area contributed by atoms with Gasteiger partial charge in [0.15, 0.2) is 0 Å². The van der Waals surface area contributed by atoms with E-state index in [1.54, 1.807) is 0 Å². The summed E-state index contributed by atoms with van der Waals surface area (Å²) in [6.45, 7) is 0. The summed E-state index contributed by atoms with van der Waals surface area (Å²) in [6, 6.07) is 85.4. The molecule has 2 heteroatoms. The van der Waals surface area contributed by atoms with Crippen LogP contribution in [0.15, 0.2) is 241 Å². The predicted octanol–water partition coefficient (Wildman–Crippen LogP) is 17.2. The van der Waals surface area contributed by atoms with E-state index in [2.05, 4.69) is 241 Å². The highest BCUT2D eigenvalue weighted by molar-refractivity contribution is 6.21. The molecule has 0 bridgehead atoms. The first-order chi connectivity index (χ1) is 30.8. The van der Waals surface area contributed by atoms with E-state index in [1.165, 1.54) is 54.6 Å². The van der Waals surface area contributed by atoms with Crippen molar-refractivity contribution in [3.05, 3.63) is 237 Å². The number of nitrogens with zero attached hydrogens (tertiary/aromatic N) is 1. The molecule has 11 aromatic carbocycles. The molecule has 0 N–H and O–H groups in total. The van der Waals surface area contributed by atoms with E-state index in [0.29, 0.717) is 0 Å². The number of rotatable bonds is 7. The lowest BCUT2D eigenvalue weighted by Crippen LogP contribution is -2.12. The summed E-state index contributed by atoms with van der Waals surface area (Å²) in [5.41, 5.74) is 14.2. The topological polar surface area (TPSA) is 16.4 Å². The lowest BCUT2D eigenvalue weighted by atomic mass is 9.91. The van der Waals surface area contributed by atoms with Crippen LogP contribution >= 0.6 is 0 Å². The van der Waals surface area contributed by atoms with Crippen molar-refractivity contribution in [3.8, 4) is 44.5 Å². The molecule has 0 aliphatic carbocycles. The highest BCUT2D eigenvalue weighted by Gasteiger charge is 2.25. The van der Waals surface area contributed by atoms with Crippen LogP contribution < -0.4 is 4.90 Å². The molecule has 0 spiro atoms. The first-order valence-electron chi connectivity index (χ1n) is 21.3. The summed E-state index contributed by atoms with van der Waals surface area (Å²) in [5.74, 6) is 0. The van der Waals surface area contributed by atoms with Crippen LogP contribution in [-0.2, 0) is 0 Å². The highest BCUT2D eigenvalue weighted by Crippen LogP contribution is 2.50. The first kappa shape index (κ1) is 35.7. The Balaban J connectivity index is 1.11. The summed E-state index contributed by atoms with van der Waals surface area (Å²) in [5, 5.41) is 9.45. The molecular weight excluding hydrogens is 751 g/mol. The second-order valence-electron chi connectivity index (χ2n) is 16.0. The van der Waals surface area contributed by atoms with Crippen LogP contribution in [0.5, 0.6) is 0 Å². The van der Waals surface area contributed by atoms with E-state index in [0.717, 1.165) is 61.3 Å². The molecule has 0 aliphatic heterocycles. The summed E-state index contributed by atoms with van der Waals surface area (Å²) in [4.78, 5) is 2.44. The minimum Gasteiger partial charge on any atom is -0.455 e. The molecule has 290 valence electrons. The molecule has 1 heterocycles. The van der Waals surface area contributed by atoms with Crippen molar-refractivity contribution in [2.75, 3.05) is 4.90 Å². The Labute approximate surface area is 360 Å². The first-order valence-corrected chi connectivity index (χ1v) is 21.3. The summed E-state index contributed by atoms with van der Waals surface area (Å²) >= 11 is 0. The molecule has 2 nitrogen and oxygen atoms in total. The standard InChI is InChI=1S/C60H39NO/c1-2-16-40(17-3-1)43-21-14-22-44(38-43)41-32-34-46(35-33-41)61(56-30-12-10-27-52(56)50-29-15-20-42-18-4-6-23-47(42)50)57-37-36-53(60-59(57)54-28-11-13-31-58(54)62-60)55-39-45-19-5-7-24-48(45)49-25-8-9-26-51(49)55/h1-39H. The molecule has 1 aromatic heterocycles. The van der Waals surface area contributed by atoms with Gasteiger partial charge in [0.05, 0.1) is 16.8 Å². The van der Waals surface area contributed by atoms with E-state index in [1.807, 2.05) is 0 Å². The van der Waals surface area contributed by atoms with E-state index in [9.17, 15) is 0 Å². The average molecular weight is 790 g/mol. The van der Waals surface area contributed by atoms with E-state index in [4.69, 9.17) is 4.42 Å². The molecule has 0 amide bonds. The van der Waals surface area contributed by atoms with Gasteiger partial charge in [-0.15, -0.1) is 0 Å². The maximum atomic E-state index is 7.03. The Hall–Kier alpha value is -8.20. The van der Waals surface area contributed by atoms with E-state index < -0.39 is 0 Å². The van der Waals surface area contributed by atoms with Gasteiger partial charge in [0.1, 0.15) is 11.2 Å². The van der Waals surface area contributed by atoms with Crippen molar-refractivity contribution in [1.82, 2.24) is 0 Å². The van der Waals surface area contributed by atoms with Crippen LogP contribution in [0.25, 0.3) is 98.8 Å². The summed E-state index contributed by atoms with van der Waals surface area (Å²) < 4.78 is 7.03. The lowest BCUT2D eigenvalue weighted by Gasteiger charge is -2.29. The van der Waals surface area contributed by atoms with Crippen LogP contribution in [0.3, 0.4) is 0 Å². The molecule has 0 aliphatic rings. The van der Waals surface area contributed by atoms with Crippen molar-refractivity contribution >= 4 is 71.3 Å². The normalized spacial score (nSPS) is 11.5. The Kier molecular flexibility index (Phi) is 8.53. The number of benzene rings is 11. The molecule has 12 aromatic rings. The molecule has 0 saturated heterocycles. The number of hydrogen-bond acceptors (Lipinski definition) is 2. The summed E-state index contributed by atoms with van der Waals surface area (Å²) in [6.07, 6.45) is 0. The number of hydrogen-bond donors (Lipinski definition) is 0. The second kappa shape index (κ2) is 14.8. The smallest absolute Gasteiger partial charge is 0.145 e. The molecule has 0 radical (unpaired) electrons. The molecular formula is C60H39NO. The van der Waals surface area contributed by atoms with Crippen LogP contribution in [0.4, 0.5) is 17.1 Å². The highest BCUT2D eigenvalue weighted by atomic mass is 16.3. The monoisotopic (exact) mass is 789 g/mol. The number of anilines is 3. The average Bonchev–Trinajstić information content (AvgIpc) is 3.75. The van der Waals surface area contributed by atoms with Gasteiger partial charge in [0.2, 0.25) is 0 Å². The second-order valence-corrected chi connectivity index (χ2v) is 16.0. The van der Waals surface area contributed by atoms with Crippen molar-refractivity contribution in [2.45, 2.75) is 0 Å². The third-order valence-electron chi connectivity index (χ3n) is 12.5. The zero-order valence-corrected chi connectivity index (χ0v) is 33.9. The maximum Gasteiger partial charge on any atom is 0.145 e. The minimum atomic E-state index is 0.859. The van der Waals surface area contributed by atoms with Crippen molar-refractivity contribution in [3.63, 3.8) is 0 Å². The van der Waals surface area contributed by atoms with Crippen molar-refractivity contribution in [1.29, 1.82) is 0 Å².